The summed E-state index contributed by atoms with van der Waals surface area (Å²) in [5.74, 6) is 2.05. The highest BCUT2D eigenvalue weighted by Gasteiger charge is 2.22. The van der Waals surface area contributed by atoms with Gasteiger partial charge in [-0.15, -0.1) is 0 Å². The minimum Gasteiger partial charge on any atom is -0.395 e. The normalized spacial score (nSPS) is 27.9. The molecule has 1 saturated carbocycles. The van der Waals surface area contributed by atoms with Crippen molar-refractivity contribution < 1.29 is 5.11 Å². The molecule has 3 atom stereocenters. The van der Waals surface area contributed by atoms with Crippen molar-refractivity contribution in [3.8, 4) is 0 Å². The van der Waals surface area contributed by atoms with Gasteiger partial charge < -0.3 is 10.4 Å². The molecular formula is C13H27NOS. The number of aliphatic hydroxyl groups is 1. The summed E-state index contributed by atoms with van der Waals surface area (Å²) in [6.07, 6.45) is 9.90. The molecule has 0 amide bonds. The van der Waals surface area contributed by atoms with Crippen LogP contribution in [-0.2, 0) is 0 Å². The summed E-state index contributed by atoms with van der Waals surface area (Å²) < 4.78 is 0. The third-order valence-electron chi connectivity index (χ3n) is 3.72. The van der Waals surface area contributed by atoms with Crippen molar-refractivity contribution in [1.82, 2.24) is 5.32 Å². The van der Waals surface area contributed by atoms with E-state index >= 15 is 0 Å². The van der Waals surface area contributed by atoms with Gasteiger partial charge in [0.1, 0.15) is 0 Å². The van der Waals surface area contributed by atoms with Gasteiger partial charge in [-0.25, -0.2) is 0 Å². The van der Waals surface area contributed by atoms with Crippen LogP contribution in [0.5, 0.6) is 0 Å². The van der Waals surface area contributed by atoms with E-state index in [1.54, 1.807) is 0 Å². The van der Waals surface area contributed by atoms with E-state index in [1.165, 1.54) is 32.1 Å². The maximum Gasteiger partial charge on any atom is 0.0585 e. The van der Waals surface area contributed by atoms with Crippen molar-refractivity contribution in [3.63, 3.8) is 0 Å². The highest BCUT2D eigenvalue weighted by atomic mass is 32.2. The zero-order chi connectivity index (χ0) is 11.8. The van der Waals surface area contributed by atoms with Crippen LogP contribution in [0.15, 0.2) is 0 Å². The number of aliphatic hydroxyl groups excluding tert-OH is 1. The molecule has 3 heteroatoms. The Morgan fingerprint density at radius 2 is 2.25 bits per heavy atom. The Bertz CT molecular complexity index is 177. The lowest BCUT2D eigenvalue weighted by atomic mass is 9.84. The van der Waals surface area contributed by atoms with Gasteiger partial charge in [0.15, 0.2) is 0 Å². The topological polar surface area (TPSA) is 32.3 Å². The van der Waals surface area contributed by atoms with E-state index in [0.717, 1.165) is 18.1 Å². The molecule has 0 aromatic carbocycles. The molecule has 0 heterocycles. The van der Waals surface area contributed by atoms with E-state index in [2.05, 4.69) is 18.5 Å². The largest absolute Gasteiger partial charge is 0.395 e. The van der Waals surface area contributed by atoms with E-state index in [-0.39, 0.29) is 6.61 Å². The highest BCUT2D eigenvalue weighted by molar-refractivity contribution is 7.98. The lowest BCUT2D eigenvalue weighted by Gasteiger charge is -2.32. The summed E-state index contributed by atoms with van der Waals surface area (Å²) in [6.45, 7) is 2.58. The quantitative estimate of drug-likeness (QED) is 0.723. The Hall–Kier alpha value is 0.270. The molecule has 1 aliphatic carbocycles. The molecule has 0 spiro atoms. The molecule has 96 valence electrons. The molecule has 0 radical (unpaired) electrons. The van der Waals surface area contributed by atoms with Crippen LogP contribution in [0.4, 0.5) is 0 Å². The van der Waals surface area contributed by atoms with Crippen LogP contribution in [0.2, 0.25) is 0 Å². The van der Waals surface area contributed by atoms with Crippen LogP contribution in [0.25, 0.3) is 0 Å². The fourth-order valence-corrected chi connectivity index (χ4v) is 3.15. The van der Waals surface area contributed by atoms with E-state index in [1.807, 2.05) is 11.8 Å². The molecule has 1 aliphatic rings. The molecule has 0 aromatic heterocycles. The number of nitrogens with one attached hydrogen (secondary N) is 1. The predicted molar refractivity (Wildman–Crippen MR) is 73.0 cm³/mol. The molecule has 16 heavy (non-hydrogen) atoms. The van der Waals surface area contributed by atoms with Gasteiger partial charge in [0.2, 0.25) is 0 Å². The van der Waals surface area contributed by atoms with Crippen LogP contribution in [-0.4, -0.2) is 35.8 Å². The SMILES string of the molecule is CCC1CCCC(NC(CO)CCSC)C1. The Kier molecular flexibility index (Phi) is 7.50. The first kappa shape index (κ1) is 14.3. The Labute approximate surface area is 105 Å². The monoisotopic (exact) mass is 245 g/mol. The van der Waals surface area contributed by atoms with Crippen molar-refractivity contribution in [2.75, 3.05) is 18.6 Å². The van der Waals surface area contributed by atoms with Crippen molar-refractivity contribution in [3.05, 3.63) is 0 Å². The molecule has 1 fully saturated rings. The van der Waals surface area contributed by atoms with Gasteiger partial charge in [-0.1, -0.05) is 26.2 Å². The number of thioether (sulfide) groups is 1. The van der Waals surface area contributed by atoms with Gasteiger partial charge in [-0.3, -0.25) is 0 Å². The standard InChI is InChI=1S/C13H27NOS/c1-3-11-5-4-6-12(9-11)14-13(10-15)7-8-16-2/h11-15H,3-10H2,1-2H3. The Morgan fingerprint density at radius 3 is 2.88 bits per heavy atom. The lowest BCUT2D eigenvalue weighted by Crippen LogP contribution is -2.43. The van der Waals surface area contributed by atoms with Gasteiger partial charge in [-0.05, 0) is 37.2 Å². The Morgan fingerprint density at radius 1 is 1.44 bits per heavy atom. The molecule has 1 rings (SSSR count). The van der Waals surface area contributed by atoms with Gasteiger partial charge in [0, 0.05) is 12.1 Å². The van der Waals surface area contributed by atoms with E-state index in [4.69, 9.17) is 0 Å². The molecule has 0 aromatic rings. The zero-order valence-electron chi connectivity index (χ0n) is 10.7. The number of hydrogen-bond acceptors (Lipinski definition) is 3. The molecule has 0 aliphatic heterocycles. The molecule has 2 nitrogen and oxygen atoms in total. The van der Waals surface area contributed by atoms with Crippen LogP contribution in [0.3, 0.4) is 0 Å². The first-order valence-electron chi connectivity index (χ1n) is 6.66. The first-order valence-corrected chi connectivity index (χ1v) is 8.05. The second-order valence-electron chi connectivity index (χ2n) is 4.97. The summed E-state index contributed by atoms with van der Waals surface area (Å²) in [7, 11) is 0. The minimum atomic E-state index is 0.286. The van der Waals surface area contributed by atoms with Crippen LogP contribution in [0.1, 0.15) is 45.4 Å². The van der Waals surface area contributed by atoms with Crippen LogP contribution < -0.4 is 5.32 Å². The van der Waals surface area contributed by atoms with Crippen LogP contribution in [0, 0.1) is 5.92 Å². The van der Waals surface area contributed by atoms with E-state index in [0.29, 0.717) is 12.1 Å². The summed E-state index contributed by atoms with van der Waals surface area (Å²) in [6, 6.07) is 0.964. The maximum atomic E-state index is 9.33. The van der Waals surface area contributed by atoms with Crippen LogP contribution >= 0.6 is 11.8 Å². The second-order valence-corrected chi connectivity index (χ2v) is 5.95. The molecule has 3 unspecified atom stereocenters. The zero-order valence-corrected chi connectivity index (χ0v) is 11.6. The van der Waals surface area contributed by atoms with Crippen molar-refractivity contribution in [2.24, 2.45) is 5.92 Å². The fourth-order valence-electron chi connectivity index (χ4n) is 2.63. The third-order valence-corrected chi connectivity index (χ3v) is 4.37. The van der Waals surface area contributed by atoms with Crippen molar-refractivity contribution in [1.29, 1.82) is 0 Å². The lowest BCUT2D eigenvalue weighted by molar-refractivity contribution is 0.199. The van der Waals surface area contributed by atoms with E-state index in [9.17, 15) is 5.11 Å². The van der Waals surface area contributed by atoms with E-state index < -0.39 is 0 Å². The second kappa shape index (κ2) is 8.37. The Balaban J connectivity index is 2.27. The number of hydrogen-bond donors (Lipinski definition) is 2. The number of rotatable bonds is 7. The van der Waals surface area contributed by atoms with Gasteiger partial charge in [0.25, 0.3) is 0 Å². The summed E-state index contributed by atoms with van der Waals surface area (Å²) in [5.41, 5.74) is 0. The fraction of sp³-hybridized carbons (Fsp3) is 1.00. The third kappa shape index (κ3) is 5.07. The summed E-state index contributed by atoms with van der Waals surface area (Å²) in [4.78, 5) is 0. The first-order chi connectivity index (χ1) is 7.80. The maximum absolute atomic E-state index is 9.33. The van der Waals surface area contributed by atoms with Gasteiger partial charge >= 0.3 is 0 Å². The highest BCUT2D eigenvalue weighted by Crippen LogP contribution is 2.26. The molecule has 0 saturated heterocycles. The molecular weight excluding hydrogens is 218 g/mol. The molecule has 2 N–H and O–H groups in total. The molecule has 0 bridgehead atoms. The minimum absolute atomic E-state index is 0.286. The van der Waals surface area contributed by atoms with Gasteiger partial charge in [-0.2, -0.15) is 11.8 Å². The summed E-state index contributed by atoms with van der Waals surface area (Å²) >= 11 is 1.86. The van der Waals surface area contributed by atoms with Crippen molar-refractivity contribution >= 4 is 11.8 Å². The van der Waals surface area contributed by atoms with Crippen molar-refractivity contribution in [2.45, 2.75) is 57.5 Å². The average molecular weight is 245 g/mol. The van der Waals surface area contributed by atoms with Gasteiger partial charge in [0.05, 0.1) is 6.61 Å². The average Bonchev–Trinajstić information content (AvgIpc) is 2.34. The predicted octanol–water partition coefficient (Wildman–Crippen LogP) is 2.66. The smallest absolute Gasteiger partial charge is 0.0585 e. The summed E-state index contributed by atoms with van der Waals surface area (Å²) in [5, 5.41) is 13.0.